The van der Waals surface area contributed by atoms with Gasteiger partial charge in [0.2, 0.25) is 5.89 Å². The van der Waals surface area contributed by atoms with Gasteiger partial charge in [0.1, 0.15) is 0 Å². The highest BCUT2D eigenvalue weighted by molar-refractivity contribution is 5.17. The Labute approximate surface area is 106 Å². The Morgan fingerprint density at radius 3 is 2.78 bits per heavy atom. The number of aromatic nitrogens is 2. The fourth-order valence-corrected chi connectivity index (χ4v) is 1.67. The molecule has 0 bridgehead atoms. The molecule has 1 aromatic carbocycles. The van der Waals surface area contributed by atoms with Crippen LogP contribution >= 0.6 is 0 Å². The summed E-state index contributed by atoms with van der Waals surface area (Å²) in [4.78, 5) is 4.11. The number of hydrogen-bond donors (Lipinski definition) is 2. The second-order valence-corrected chi connectivity index (χ2v) is 4.12. The van der Waals surface area contributed by atoms with Gasteiger partial charge in [-0.25, -0.2) is 0 Å². The van der Waals surface area contributed by atoms with E-state index in [-0.39, 0.29) is 0 Å². The van der Waals surface area contributed by atoms with Crippen LogP contribution in [0.5, 0.6) is 0 Å². The van der Waals surface area contributed by atoms with Gasteiger partial charge in [-0.3, -0.25) is 0 Å². The molecule has 0 aliphatic carbocycles. The number of aliphatic hydroxyl groups is 1. The van der Waals surface area contributed by atoms with Crippen LogP contribution in [-0.4, -0.2) is 28.3 Å². The summed E-state index contributed by atoms with van der Waals surface area (Å²) in [5, 5.41) is 16.8. The van der Waals surface area contributed by atoms with Crippen LogP contribution in [-0.2, 0) is 6.42 Å². The lowest BCUT2D eigenvalue weighted by atomic mass is 10.1. The third-order valence-electron chi connectivity index (χ3n) is 2.61. The Balaban J connectivity index is 1.69. The van der Waals surface area contributed by atoms with E-state index >= 15 is 0 Å². The van der Waals surface area contributed by atoms with Gasteiger partial charge in [-0.2, -0.15) is 4.98 Å². The summed E-state index contributed by atoms with van der Waals surface area (Å²) in [5.41, 5.74) is 0.915. The molecule has 2 aromatic rings. The van der Waals surface area contributed by atoms with Crippen molar-refractivity contribution in [2.45, 2.75) is 19.4 Å². The Morgan fingerprint density at radius 2 is 2.11 bits per heavy atom. The lowest BCUT2D eigenvalue weighted by molar-refractivity contribution is 0.174. The zero-order chi connectivity index (χ0) is 12.8. The van der Waals surface area contributed by atoms with E-state index in [0.29, 0.717) is 31.2 Å². The van der Waals surface area contributed by atoms with Crippen molar-refractivity contribution in [3.05, 3.63) is 47.6 Å². The molecule has 2 rings (SSSR count). The Bertz CT molecular complexity index is 470. The van der Waals surface area contributed by atoms with Gasteiger partial charge >= 0.3 is 0 Å². The summed E-state index contributed by atoms with van der Waals surface area (Å²) in [7, 11) is 0. The lowest BCUT2D eigenvalue weighted by Gasteiger charge is -2.11. The lowest BCUT2D eigenvalue weighted by Crippen LogP contribution is -2.23. The Kier molecular flexibility index (Phi) is 4.44. The third-order valence-corrected chi connectivity index (χ3v) is 2.61. The zero-order valence-corrected chi connectivity index (χ0v) is 10.3. The molecular formula is C13H17N3O2. The smallest absolute Gasteiger partial charge is 0.227 e. The summed E-state index contributed by atoms with van der Waals surface area (Å²) in [6, 6.07) is 9.59. The molecule has 1 heterocycles. The van der Waals surface area contributed by atoms with Gasteiger partial charge < -0.3 is 14.9 Å². The highest BCUT2D eigenvalue weighted by atomic mass is 16.5. The van der Waals surface area contributed by atoms with Gasteiger partial charge in [0.25, 0.3) is 0 Å². The van der Waals surface area contributed by atoms with E-state index in [2.05, 4.69) is 15.5 Å². The molecule has 0 radical (unpaired) electrons. The summed E-state index contributed by atoms with van der Waals surface area (Å²) >= 11 is 0. The zero-order valence-electron chi connectivity index (χ0n) is 10.3. The molecule has 1 aromatic heterocycles. The number of aliphatic hydroxyl groups excluding tert-OH is 1. The van der Waals surface area contributed by atoms with E-state index in [4.69, 9.17) is 4.52 Å². The molecule has 5 heteroatoms. The second-order valence-electron chi connectivity index (χ2n) is 4.12. The maximum Gasteiger partial charge on any atom is 0.227 e. The number of hydrogen-bond acceptors (Lipinski definition) is 5. The standard InChI is InChI=1S/C13H17N3O2/c1-10-15-13(18-16-10)7-8-14-9-12(17)11-5-3-2-4-6-11/h2-6,12,14,17H,7-9H2,1H3. The van der Waals surface area contributed by atoms with Crippen LogP contribution in [0.4, 0.5) is 0 Å². The van der Waals surface area contributed by atoms with E-state index in [1.54, 1.807) is 6.92 Å². The van der Waals surface area contributed by atoms with Crippen LogP contribution in [0.2, 0.25) is 0 Å². The summed E-state index contributed by atoms with van der Waals surface area (Å²) < 4.78 is 4.99. The first-order valence-corrected chi connectivity index (χ1v) is 5.98. The molecule has 0 aliphatic rings. The van der Waals surface area contributed by atoms with Gasteiger partial charge in [-0.05, 0) is 12.5 Å². The number of nitrogens with one attached hydrogen (secondary N) is 1. The molecule has 0 amide bonds. The van der Waals surface area contributed by atoms with Crippen LogP contribution in [0.3, 0.4) is 0 Å². The van der Waals surface area contributed by atoms with E-state index in [9.17, 15) is 5.11 Å². The van der Waals surface area contributed by atoms with Crippen LogP contribution in [0.15, 0.2) is 34.9 Å². The first kappa shape index (κ1) is 12.7. The van der Waals surface area contributed by atoms with Crippen LogP contribution in [0.1, 0.15) is 23.4 Å². The average Bonchev–Trinajstić information content (AvgIpc) is 2.81. The van der Waals surface area contributed by atoms with Crippen LogP contribution < -0.4 is 5.32 Å². The maximum atomic E-state index is 9.91. The SMILES string of the molecule is Cc1noc(CCNCC(O)c2ccccc2)n1. The van der Waals surface area contributed by atoms with Crippen molar-refractivity contribution in [1.29, 1.82) is 0 Å². The van der Waals surface area contributed by atoms with Crippen molar-refractivity contribution < 1.29 is 9.63 Å². The number of aryl methyl sites for hydroxylation is 1. The normalized spacial score (nSPS) is 12.6. The van der Waals surface area contributed by atoms with Crippen molar-refractivity contribution in [2.24, 2.45) is 0 Å². The molecule has 0 saturated heterocycles. The monoisotopic (exact) mass is 247 g/mol. The second kappa shape index (κ2) is 6.28. The van der Waals surface area contributed by atoms with Crippen molar-refractivity contribution in [3.8, 4) is 0 Å². The molecule has 96 valence electrons. The third kappa shape index (κ3) is 3.65. The van der Waals surface area contributed by atoms with Gasteiger partial charge in [0.15, 0.2) is 5.82 Å². The van der Waals surface area contributed by atoms with Crippen molar-refractivity contribution in [3.63, 3.8) is 0 Å². The molecule has 0 aliphatic heterocycles. The minimum Gasteiger partial charge on any atom is -0.387 e. The molecule has 1 atom stereocenters. The highest BCUT2D eigenvalue weighted by Crippen LogP contribution is 2.10. The molecule has 0 spiro atoms. The van der Waals surface area contributed by atoms with E-state index in [0.717, 1.165) is 5.56 Å². The predicted molar refractivity (Wildman–Crippen MR) is 67.0 cm³/mol. The van der Waals surface area contributed by atoms with Crippen molar-refractivity contribution in [2.75, 3.05) is 13.1 Å². The van der Waals surface area contributed by atoms with Gasteiger partial charge in [-0.15, -0.1) is 0 Å². The number of benzene rings is 1. The minimum absolute atomic E-state index is 0.490. The van der Waals surface area contributed by atoms with Gasteiger partial charge in [0.05, 0.1) is 6.10 Å². The first-order valence-electron chi connectivity index (χ1n) is 5.98. The Hall–Kier alpha value is -1.72. The van der Waals surface area contributed by atoms with Crippen LogP contribution in [0, 0.1) is 6.92 Å². The fraction of sp³-hybridized carbons (Fsp3) is 0.385. The largest absolute Gasteiger partial charge is 0.387 e. The van der Waals surface area contributed by atoms with E-state index in [1.165, 1.54) is 0 Å². The molecule has 0 saturated carbocycles. The number of rotatable bonds is 6. The molecule has 0 fully saturated rings. The van der Waals surface area contributed by atoms with Crippen molar-refractivity contribution in [1.82, 2.24) is 15.5 Å². The Morgan fingerprint density at radius 1 is 1.33 bits per heavy atom. The topological polar surface area (TPSA) is 71.2 Å². The van der Waals surface area contributed by atoms with E-state index < -0.39 is 6.10 Å². The molecule has 2 N–H and O–H groups in total. The minimum atomic E-state index is -0.490. The van der Waals surface area contributed by atoms with Crippen molar-refractivity contribution >= 4 is 0 Å². The van der Waals surface area contributed by atoms with Gasteiger partial charge in [0, 0.05) is 19.5 Å². The summed E-state index contributed by atoms with van der Waals surface area (Å²) in [6.07, 6.45) is 0.179. The van der Waals surface area contributed by atoms with Crippen LogP contribution in [0.25, 0.3) is 0 Å². The quantitative estimate of drug-likeness (QED) is 0.752. The maximum absolute atomic E-state index is 9.91. The summed E-state index contributed by atoms with van der Waals surface area (Å²) in [6.45, 7) is 3.00. The highest BCUT2D eigenvalue weighted by Gasteiger charge is 2.06. The van der Waals surface area contributed by atoms with E-state index in [1.807, 2.05) is 30.3 Å². The first-order chi connectivity index (χ1) is 8.75. The molecule has 1 unspecified atom stereocenters. The van der Waals surface area contributed by atoms with Gasteiger partial charge in [-0.1, -0.05) is 35.5 Å². The molecule has 5 nitrogen and oxygen atoms in total. The predicted octanol–water partition coefficient (Wildman–Crippen LogP) is 1.24. The molecule has 18 heavy (non-hydrogen) atoms. The summed E-state index contributed by atoms with van der Waals surface area (Å²) in [5.74, 6) is 1.27. The average molecular weight is 247 g/mol. The fourth-order valence-electron chi connectivity index (χ4n) is 1.67. The number of nitrogens with zero attached hydrogens (tertiary/aromatic N) is 2. The molecular weight excluding hydrogens is 230 g/mol.